The maximum atomic E-state index is 15.0. The Morgan fingerprint density at radius 1 is 0.870 bits per heavy atom. The fraction of sp³-hybridized carbons (Fsp3) is 0.523. The zero-order valence-electron chi connectivity index (χ0n) is 52.5. The van der Waals surface area contributed by atoms with Crippen LogP contribution in [0.1, 0.15) is 79.0 Å². The third-order valence-electron chi connectivity index (χ3n) is 20.3. The molecule has 92 heavy (non-hydrogen) atoms. The zero-order chi connectivity index (χ0) is 63.6. The number of piperidine rings is 1. The van der Waals surface area contributed by atoms with E-state index in [0.717, 1.165) is 112 Å². The molecule has 5 saturated heterocycles. The van der Waals surface area contributed by atoms with Gasteiger partial charge in [0.1, 0.15) is 24.0 Å². The number of aryl methyl sites for hydroxylation is 1. The zero-order valence-corrected chi connectivity index (χ0v) is 54.1. The summed E-state index contributed by atoms with van der Waals surface area (Å²) >= 11 is 0. The maximum absolute atomic E-state index is 15.0. The summed E-state index contributed by atoms with van der Waals surface area (Å²) in [5.41, 5.74) is 6.07. The van der Waals surface area contributed by atoms with Crippen molar-refractivity contribution in [1.29, 1.82) is 0 Å². The molecule has 1 spiro atoms. The van der Waals surface area contributed by atoms with Crippen molar-refractivity contribution in [2.24, 2.45) is 5.41 Å². The Hall–Kier alpha value is -7.37. The van der Waals surface area contributed by atoms with Gasteiger partial charge in [0.2, 0.25) is 15.9 Å². The van der Waals surface area contributed by atoms with Gasteiger partial charge in [-0.05, 0) is 111 Å². The Balaban J connectivity index is 0.695. The molecule has 0 radical (unpaired) electrons. The average molecular weight is 1300 g/mol. The van der Waals surface area contributed by atoms with Gasteiger partial charge in [0, 0.05) is 139 Å². The molecule has 4 atom stereocenters. The number of amides is 1. The summed E-state index contributed by atoms with van der Waals surface area (Å²) < 4.78 is 88.7. The van der Waals surface area contributed by atoms with Crippen molar-refractivity contribution in [1.82, 2.24) is 38.7 Å². The summed E-state index contributed by atoms with van der Waals surface area (Å²) in [6.45, 7) is 16.3. The number of carbonyl (C=O) groups is 1. The first-order valence-corrected chi connectivity index (χ1v) is 35.2. The van der Waals surface area contributed by atoms with E-state index in [4.69, 9.17) is 33.7 Å². The molecular formula is C65H81N13O12S2. The predicted octanol–water partition coefficient (Wildman–Crippen LogP) is 6.66. The number of pyridine rings is 2. The first-order chi connectivity index (χ1) is 44.4. The molecular weight excluding hydrogens is 1220 g/mol. The molecule has 3 aromatic carbocycles. The van der Waals surface area contributed by atoms with Gasteiger partial charge in [-0.1, -0.05) is 24.3 Å². The van der Waals surface area contributed by atoms with Gasteiger partial charge in [0.25, 0.3) is 21.6 Å². The van der Waals surface area contributed by atoms with E-state index in [-0.39, 0.29) is 47.7 Å². The van der Waals surface area contributed by atoms with Crippen LogP contribution in [0.2, 0.25) is 0 Å². The van der Waals surface area contributed by atoms with E-state index in [2.05, 4.69) is 81.7 Å². The first-order valence-electron chi connectivity index (χ1n) is 32.2. The monoisotopic (exact) mass is 1300 g/mol. The van der Waals surface area contributed by atoms with Crippen LogP contribution in [0.25, 0.3) is 11.0 Å². The number of nitrogens with one attached hydrogen (secondary N) is 3. The van der Waals surface area contributed by atoms with Gasteiger partial charge in [-0.2, -0.15) is 9.29 Å². The van der Waals surface area contributed by atoms with Crippen molar-refractivity contribution >= 4 is 71.2 Å². The number of ether oxygens (including phenoxy) is 5. The lowest BCUT2D eigenvalue weighted by Gasteiger charge is -2.58. The molecule has 1 amide bonds. The Morgan fingerprint density at radius 3 is 2.41 bits per heavy atom. The van der Waals surface area contributed by atoms with E-state index in [9.17, 15) is 26.9 Å². The molecule has 6 aromatic rings. The van der Waals surface area contributed by atoms with Gasteiger partial charge in [0.15, 0.2) is 23.0 Å². The Morgan fingerprint density at radius 2 is 1.65 bits per heavy atom. The number of benzene rings is 3. The number of aromatic amines is 1. The molecule has 10 heterocycles. The second-order valence-electron chi connectivity index (χ2n) is 26.2. The van der Waals surface area contributed by atoms with Gasteiger partial charge in [-0.25, -0.2) is 26.5 Å². The van der Waals surface area contributed by atoms with Crippen LogP contribution < -0.4 is 38.9 Å². The van der Waals surface area contributed by atoms with Gasteiger partial charge in [-0.15, -0.1) is 0 Å². The summed E-state index contributed by atoms with van der Waals surface area (Å²) in [7, 11) is -6.48. The number of H-pyrrole nitrogens is 1. The summed E-state index contributed by atoms with van der Waals surface area (Å²) in [6, 6.07) is 22.4. The molecule has 0 unspecified atom stereocenters. The Bertz CT molecular complexity index is 3990. The number of hydrogen-bond acceptors (Lipinski definition) is 21. The number of hydrogen-bond donors (Lipinski definition) is 3. The molecule has 14 rings (SSSR count). The summed E-state index contributed by atoms with van der Waals surface area (Å²) in [5.74, 6) is 1.01. The molecule has 490 valence electrons. The second kappa shape index (κ2) is 25.2. The molecule has 7 aliphatic heterocycles. The number of nitro benzene ring substituents is 1. The first kappa shape index (κ1) is 62.1. The summed E-state index contributed by atoms with van der Waals surface area (Å²) in [5, 5.41) is 16.2. The van der Waals surface area contributed by atoms with E-state index in [1.807, 2.05) is 30.5 Å². The molecule has 6 fully saturated rings. The minimum absolute atomic E-state index is 0.0115. The van der Waals surface area contributed by atoms with Crippen LogP contribution in [-0.4, -0.2) is 210 Å². The normalized spacial score (nSPS) is 23.4. The SMILES string of the molecule is COc1cc(CN2CCN(C3CC4(CCN(c5ccc(C(=O)NS(=O)(=O)c6cc7c(c([N+](=O)[O-])c6)N[C@H](CN6CCN(S(=O)(=O)C(C)C)CC6)CO7)c(N6c7cc8cc[nH]c8nc7O[C@H]7COCC[C@@H]76)c5)CC4)C3)[C@H](c3ccccc3C)C2)cnc1N1CCOCC1. The average Bonchev–Trinajstić information content (AvgIpc) is 0.850. The highest BCUT2D eigenvalue weighted by molar-refractivity contribution is 7.90. The predicted molar refractivity (Wildman–Crippen MR) is 348 cm³/mol. The molecule has 0 bridgehead atoms. The van der Waals surface area contributed by atoms with Crippen LogP contribution in [0.4, 0.5) is 34.3 Å². The van der Waals surface area contributed by atoms with Crippen LogP contribution in [0.3, 0.4) is 0 Å². The Labute approximate surface area is 536 Å². The van der Waals surface area contributed by atoms with Crippen molar-refractivity contribution in [3.63, 3.8) is 0 Å². The number of nitro groups is 1. The number of nitrogens with zero attached hydrogens (tertiary/aromatic N) is 10. The minimum Gasteiger partial charge on any atom is -0.493 e. The Kier molecular flexibility index (Phi) is 17.0. The van der Waals surface area contributed by atoms with E-state index < -0.39 is 58.9 Å². The van der Waals surface area contributed by atoms with Gasteiger partial charge in [0.05, 0.1) is 65.3 Å². The largest absolute Gasteiger partial charge is 0.493 e. The van der Waals surface area contributed by atoms with Crippen molar-refractivity contribution in [2.75, 3.05) is 139 Å². The second-order valence-corrected chi connectivity index (χ2v) is 30.4. The number of aromatic nitrogens is 3. The third-order valence-corrected chi connectivity index (χ3v) is 23.9. The number of methoxy groups -OCH3 is 1. The molecule has 3 aromatic heterocycles. The van der Waals surface area contributed by atoms with E-state index in [1.165, 1.54) is 21.5 Å². The quantitative estimate of drug-likeness (QED) is 0.0675. The smallest absolute Gasteiger partial charge is 0.297 e. The highest BCUT2D eigenvalue weighted by Crippen LogP contribution is 2.54. The number of carbonyl (C=O) groups excluding carboxylic acids is 1. The molecule has 25 nitrogen and oxygen atoms in total. The van der Waals surface area contributed by atoms with Crippen LogP contribution in [0, 0.1) is 22.5 Å². The highest BCUT2D eigenvalue weighted by atomic mass is 32.2. The van der Waals surface area contributed by atoms with Crippen molar-refractivity contribution in [2.45, 2.75) is 99.8 Å². The molecule has 27 heteroatoms. The van der Waals surface area contributed by atoms with Crippen LogP contribution in [0.15, 0.2) is 90.1 Å². The number of anilines is 5. The lowest BCUT2D eigenvalue weighted by atomic mass is 9.59. The number of sulfonamides is 2. The number of morpholine rings is 1. The standard InChI is InChI=1S/C65H81N13O12S2/c1-42(2)92(84,85)75-21-18-71(19-22-75)38-46-40-89-57-33-49(32-54(78(80)81)60(57)68-46)91(82,83)70-63(79)51-10-9-47(31-53(51)77-52-12-26-88-41-59(52)90-64-55(77)30-45-11-15-66-61(45)69-64)73-16-13-65(14-17-73)34-48(35-65)76-23-20-72(39-56(76)50-8-6-5-7-43(50)3)37-44-29-58(86-4)62(67-36-44)74-24-27-87-28-25-74/h5-11,15,29-33,36,42,46,48,52,56,59,68H,12-14,16-28,34-35,37-41H2,1-4H3,(H,66,69)(H,70,79)/t46-,52+,56+,59+/m1/s1. The topological polar surface area (TPSA) is 263 Å². The lowest BCUT2D eigenvalue weighted by molar-refractivity contribution is -0.384. The van der Waals surface area contributed by atoms with Crippen molar-refractivity contribution in [3.8, 4) is 17.4 Å². The van der Waals surface area contributed by atoms with Crippen molar-refractivity contribution in [3.05, 3.63) is 118 Å². The van der Waals surface area contributed by atoms with E-state index in [0.29, 0.717) is 87.9 Å². The van der Waals surface area contributed by atoms with Gasteiger partial charge in [-0.3, -0.25) is 29.6 Å². The minimum atomic E-state index is -4.79. The fourth-order valence-corrected chi connectivity index (χ4v) is 17.5. The van der Waals surface area contributed by atoms with Gasteiger partial charge >= 0.3 is 0 Å². The van der Waals surface area contributed by atoms with Crippen LogP contribution in [-0.2, 0) is 36.1 Å². The number of fused-ring (bicyclic) bond motifs is 4. The third kappa shape index (κ3) is 12.1. The van der Waals surface area contributed by atoms with Gasteiger partial charge < -0.3 is 48.7 Å². The summed E-state index contributed by atoms with van der Waals surface area (Å²) in [6.07, 6.45) is 8.04. The van der Waals surface area contributed by atoms with E-state index in [1.54, 1.807) is 33.2 Å². The molecule has 1 aliphatic carbocycles. The lowest BCUT2D eigenvalue weighted by Crippen LogP contribution is -2.59. The summed E-state index contributed by atoms with van der Waals surface area (Å²) in [4.78, 5) is 53.7. The fourth-order valence-electron chi connectivity index (χ4n) is 15.2. The van der Waals surface area contributed by atoms with E-state index >= 15 is 4.79 Å². The van der Waals surface area contributed by atoms with Crippen LogP contribution >= 0.6 is 0 Å². The highest BCUT2D eigenvalue weighted by Gasteiger charge is 2.51. The number of piperazine rings is 2. The molecule has 1 saturated carbocycles. The number of rotatable bonds is 16. The van der Waals surface area contributed by atoms with Crippen molar-refractivity contribution < 1.29 is 50.2 Å². The molecule has 3 N–H and O–H groups in total. The van der Waals surface area contributed by atoms with Crippen LogP contribution in [0.5, 0.6) is 17.4 Å². The maximum Gasteiger partial charge on any atom is 0.297 e. The molecule has 8 aliphatic rings.